The van der Waals surface area contributed by atoms with E-state index in [0.29, 0.717) is 0 Å². The molecule has 0 atom stereocenters. The van der Waals surface area contributed by atoms with E-state index in [1.807, 2.05) is 0 Å². The summed E-state index contributed by atoms with van der Waals surface area (Å²) in [6.45, 7) is 11.7. The predicted molar refractivity (Wildman–Crippen MR) is 62.7 cm³/mol. The maximum Gasteiger partial charge on any atom is 0.0478 e. The summed E-state index contributed by atoms with van der Waals surface area (Å²) in [4.78, 5) is 0. The van der Waals surface area contributed by atoms with E-state index in [4.69, 9.17) is 4.74 Å². The Hall–Kier alpha value is -0.0800. The van der Waals surface area contributed by atoms with Crippen molar-refractivity contribution in [1.82, 2.24) is 5.32 Å². The van der Waals surface area contributed by atoms with Gasteiger partial charge in [-0.3, -0.25) is 0 Å². The lowest BCUT2D eigenvalue weighted by Crippen LogP contribution is -2.36. The molecular formula is C12H27NO. The number of hydrogen-bond acceptors (Lipinski definition) is 2. The summed E-state index contributed by atoms with van der Waals surface area (Å²) in [6.07, 6.45) is 4.89. The fourth-order valence-corrected chi connectivity index (χ4v) is 1.19. The minimum Gasteiger partial charge on any atom is -0.381 e. The molecule has 0 aromatic heterocycles. The van der Waals surface area contributed by atoms with Crippen LogP contribution in [0.15, 0.2) is 0 Å². The van der Waals surface area contributed by atoms with E-state index in [2.05, 4.69) is 33.0 Å². The van der Waals surface area contributed by atoms with E-state index in [0.717, 1.165) is 26.2 Å². The molecule has 0 unspecified atom stereocenters. The van der Waals surface area contributed by atoms with Crippen molar-refractivity contribution in [3.05, 3.63) is 0 Å². The first kappa shape index (κ1) is 13.9. The van der Waals surface area contributed by atoms with Gasteiger partial charge < -0.3 is 10.1 Å². The third kappa shape index (κ3) is 11.9. The molecule has 1 N–H and O–H groups in total. The van der Waals surface area contributed by atoms with Gasteiger partial charge in [-0.05, 0) is 40.2 Å². The summed E-state index contributed by atoms with van der Waals surface area (Å²) >= 11 is 0. The van der Waals surface area contributed by atoms with Gasteiger partial charge in [-0.25, -0.2) is 0 Å². The molecule has 86 valence electrons. The Bertz CT molecular complexity index is 118. The largest absolute Gasteiger partial charge is 0.381 e. The maximum atomic E-state index is 5.51. The minimum absolute atomic E-state index is 0.238. The van der Waals surface area contributed by atoms with Crippen LogP contribution in [-0.2, 0) is 4.74 Å². The molecule has 0 radical (unpaired) electrons. The highest BCUT2D eigenvalue weighted by molar-refractivity contribution is 4.69. The van der Waals surface area contributed by atoms with Gasteiger partial charge in [0.2, 0.25) is 0 Å². The van der Waals surface area contributed by atoms with Gasteiger partial charge in [0.15, 0.2) is 0 Å². The lowest BCUT2D eigenvalue weighted by atomic mass is 10.1. The van der Waals surface area contributed by atoms with E-state index in [-0.39, 0.29) is 5.54 Å². The van der Waals surface area contributed by atoms with Crippen LogP contribution in [0.5, 0.6) is 0 Å². The number of unbranched alkanes of at least 4 members (excludes halogenated alkanes) is 2. The normalized spacial score (nSPS) is 12.0. The second kappa shape index (κ2) is 8.25. The number of hydrogen-bond donors (Lipinski definition) is 1. The van der Waals surface area contributed by atoms with Crippen molar-refractivity contribution >= 4 is 0 Å². The molecule has 0 spiro atoms. The summed E-state index contributed by atoms with van der Waals surface area (Å²) in [7, 11) is 0. The van der Waals surface area contributed by atoms with Crippen LogP contribution in [0.25, 0.3) is 0 Å². The van der Waals surface area contributed by atoms with Crippen molar-refractivity contribution in [3.63, 3.8) is 0 Å². The molecular weight excluding hydrogens is 174 g/mol. The molecule has 0 aliphatic rings. The van der Waals surface area contributed by atoms with Gasteiger partial charge in [0.1, 0.15) is 0 Å². The molecule has 0 heterocycles. The second-order valence-electron chi connectivity index (χ2n) is 4.85. The third-order valence-corrected chi connectivity index (χ3v) is 2.01. The summed E-state index contributed by atoms with van der Waals surface area (Å²) in [5, 5.41) is 3.44. The van der Waals surface area contributed by atoms with Crippen molar-refractivity contribution in [3.8, 4) is 0 Å². The molecule has 0 saturated heterocycles. The Kier molecular flexibility index (Phi) is 8.20. The van der Waals surface area contributed by atoms with Crippen molar-refractivity contribution in [2.45, 2.75) is 58.9 Å². The van der Waals surface area contributed by atoms with E-state index >= 15 is 0 Å². The SMILES string of the molecule is CCCCCOCCCNC(C)(C)C. The van der Waals surface area contributed by atoms with Crippen molar-refractivity contribution < 1.29 is 4.74 Å². The Morgan fingerprint density at radius 3 is 2.21 bits per heavy atom. The standard InChI is InChI=1S/C12H27NO/c1-5-6-7-10-14-11-8-9-13-12(2,3)4/h13H,5-11H2,1-4H3. The molecule has 0 bridgehead atoms. The van der Waals surface area contributed by atoms with Crippen LogP contribution in [0.1, 0.15) is 53.4 Å². The van der Waals surface area contributed by atoms with Gasteiger partial charge in [-0.1, -0.05) is 19.8 Å². The summed E-state index contributed by atoms with van der Waals surface area (Å²) < 4.78 is 5.51. The fraction of sp³-hybridized carbons (Fsp3) is 1.00. The van der Waals surface area contributed by atoms with E-state index in [9.17, 15) is 0 Å². The first-order chi connectivity index (χ1) is 6.56. The Balaban J connectivity index is 2.99. The zero-order valence-corrected chi connectivity index (χ0v) is 10.4. The smallest absolute Gasteiger partial charge is 0.0478 e. The van der Waals surface area contributed by atoms with Gasteiger partial charge in [0, 0.05) is 18.8 Å². The lowest BCUT2D eigenvalue weighted by molar-refractivity contribution is 0.126. The second-order valence-corrected chi connectivity index (χ2v) is 4.85. The van der Waals surface area contributed by atoms with Crippen LogP contribution in [0, 0.1) is 0 Å². The molecule has 0 rings (SSSR count). The molecule has 2 heteroatoms. The highest BCUT2D eigenvalue weighted by atomic mass is 16.5. The van der Waals surface area contributed by atoms with E-state index in [1.165, 1.54) is 19.3 Å². The molecule has 0 amide bonds. The topological polar surface area (TPSA) is 21.3 Å². The molecule has 2 nitrogen and oxygen atoms in total. The highest BCUT2D eigenvalue weighted by Crippen LogP contribution is 1.98. The summed E-state index contributed by atoms with van der Waals surface area (Å²) in [5.41, 5.74) is 0.238. The summed E-state index contributed by atoms with van der Waals surface area (Å²) in [6, 6.07) is 0. The summed E-state index contributed by atoms with van der Waals surface area (Å²) in [5.74, 6) is 0. The van der Waals surface area contributed by atoms with Gasteiger partial charge in [0.05, 0.1) is 0 Å². The first-order valence-corrected chi connectivity index (χ1v) is 5.89. The molecule has 0 aromatic rings. The van der Waals surface area contributed by atoms with Crippen LogP contribution in [0.4, 0.5) is 0 Å². The predicted octanol–water partition coefficient (Wildman–Crippen LogP) is 2.97. The third-order valence-electron chi connectivity index (χ3n) is 2.01. The Labute approximate surface area is 89.4 Å². The van der Waals surface area contributed by atoms with Gasteiger partial charge in [0.25, 0.3) is 0 Å². The van der Waals surface area contributed by atoms with Crippen LogP contribution >= 0.6 is 0 Å². The average molecular weight is 201 g/mol. The highest BCUT2D eigenvalue weighted by Gasteiger charge is 2.06. The van der Waals surface area contributed by atoms with Gasteiger partial charge in [-0.15, -0.1) is 0 Å². The zero-order chi connectivity index (χ0) is 10.9. The van der Waals surface area contributed by atoms with Crippen LogP contribution in [0.3, 0.4) is 0 Å². The number of ether oxygens (including phenoxy) is 1. The molecule has 0 aliphatic heterocycles. The van der Waals surface area contributed by atoms with Crippen molar-refractivity contribution in [2.24, 2.45) is 0 Å². The van der Waals surface area contributed by atoms with Crippen LogP contribution < -0.4 is 5.32 Å². The zero-order valence-electron chi connectivity index (χ0n) is 10.4. The number of nitrogens with one attached hydrogen (secondary N) is 1. The monoisotopic (exact) mass is 201 g/mol. The molecule has 0 aromatic carbocycles. The molecule has 0 aliphatic carbocycles. The molecule has 14 heavy (non-hydrogen) atoms. The first-order valence-electron chi connectivity index (χ1n) is 5.89. The maximum absolute atomic E-state index is 5.51. The molecule has 0 fully saturated rings. The molecule has 0 saturated carbocycles. The van der Waals surface area contributed by atoms with Crippen molar-refractivity contribution in [2.75, 3.05) is 19.8 Å². The Morgan fingerprint density at radius 1 is 1.00 bits per heavy atom. The van der Waals surface area contributed by atoms with E-state index < -0.39 is 0 Å². The number of rotatable bonds is 8. The van der Waals surface area contributed by atoms with Crippen LogP contribution in [-0.4, -0.2) is 25.3 Å². The lowest BCUT2D eigenvalue weighted by Gasteiger charge is -2.20. The van der Waals surface area contributed by atoms with Gasteiger partial charge >= 0.3 is 0 Å². The van der Waals surface area contributed by atoms with Crippen LogP contribution in [0.2, 0.25) is 0 Å². The quantitative estimate of drug-likeness (QED) is 0.610. The van der Waals surface area contributed by atoms with Crippen molar-refractivity contribution in [1.29, 1.82) is 0 Å². The van der Waals surface area contributed by atoms with Gasteiger partial charge in [-0.2, -0.15) is 0 Å². The van der Waals surface area contributed by atoms with E-state index in [1.54, 1.807) is 0 Å². The minimum atomic E-state index is 0.238. The average Bonchev–Trinajstić information content (AvgIpc) is 2.08. The Morgan fingerprint density at radius 2 is 1.64 bits per heavy atom. The fourth-order valence-electron chi connectivity index (χ4n) is 1.19.